The van der Waals surface area contributed by atoms with E-state index in [0.29, 0.717) is 0 Å². The van der Waals surface area contributed by atoms with Crippen molar-refractivity contribution < 1.29 is 64.6 Å². The third-order valence-corrected chi connectivity index (χ3v) is 12.2. The number of rotatable bonds is 49. The van der Waals surface area contributed by atoms with Crippen LogP contribution in [0.4, 0.5) is 0 Å². The van der Waals surface area contributed by atoms with E-state index in [1.807, 2.05) is 0 Å². The topological polar surface area (TPSA) is 80.3 Å². The number of carbonyl (C=O) groups excluding carboxylic acids is 2. The van der Waals surface area contributed by atoms with Crippen LogP contribution in [0.2, 0.25) is 0 Å². The second-order valence-electron chi connectivity index (χ2n) is 18.2. The van der Waals surface area contributed by atoms with E-state index >= 15 is 0 Å². The quantitative estimate of drug-likeness (QED) is 0.0449. The van der Waals surface area contributed by atoms with Gasteiger partial charge >= 0.3 is 44.8 Å². The molecule has 0 N–H and O–H groups in total. The molecule has 0 spiro atoms. The van der Waals surface area contributed by atoms with E-state index in [9.17, 15) is 19.8 Å². The first kappa shape index (κ1) is 66.0. The van der Waals surface area contributed by atoms with Crippen LogP contribution in [0.5, 0.6) is 0 Å². The van der Waals surface area contributed by atoms with Crippen molar-refractivity contribution in [1.29, 1.82) is 0 Å². The molecule has 59 heavy (non-hydrogen) atoms. The summed E-state index contributed by atoms with van der Waals surface area (Å²) in [6.45, 7) is 4.58. The minimum atomic E-state index is -0.900. The van der Waals surface area contributed by atoms with Crippen molar-refractivity contribution >= 4 is 11.9 Å². The molecule has 0 aliphatic rings. The molecular weight excluding hydrogens is 916 g/mol. The van der Waals surface area contributed by atoms with Crippen LogP contribution in [0.15, 0.2) is 0 Å². The maximum absolute atomic E-state index is 10.3. The molecule has 0 aromatic carbocycles. The third-order valence-electron chi connectivity index (χ3n) is 12.2. The van der Waals surface area contributed by atoms with Crippen molar-refractivity contribution in [2.24, 2.45) is 0 Å². The maximum atomic E-state index is 10.3. The van der Waals surface area contributed by atoms with Crippen LogP contribution in [-0.4, -0.2) is 11.9 Å². The minimum absolute atomic E-state index is 0. The van der Waals surface area contributed by atoms with Gasteiger partial charge in [0.2, 0.25) is 0 Å². The third kappa shape index (κ3) is 70.3. The summed E-state index contributed by atoms with van der Waals surface area (Å²) in [4.78, 5) is 20.6. The average molecular weight is 1020 g/mol. The SMILES string of the molecule is CCCCCCCCCCCCCCCCCCCCCCCCCC(=O)[O-].CCCCCCCCCCCCCCCCCCCCCCCCCCC(=O)[O-].[Ag+].[Ag+]. The molecule has 0 heterocycles. The summed E-state index contributed by atoms with van der Waals surface area (Å²) in [7, 11) is 0. The van der Waals surface area contributed by atoms with Crippen molar-refractivity contribution in [3.05, 3.63) is 0 Å². The van der Waals surface area contributed by atoms with Gasteiger partial charge in [0.15, 0.2) is 0 Å². The number of carboxylic acid groups (broad SMARTS) is 2. The summed E-state index contributed by atoms with van der Waals surface area (Å²) in [5.74, 6) is -1.80. The van der Waals surface area contributed by atoms with E-state index < -0.39 is 11.9 Å². The molecule has 0 saturated carbocycles. The maximum Gasteiger partial charge on any atom is 1.00 e. The van der Waals surface area contributed by atoms with Gasteiger partial charge in [0.1, 0.15) is 0 Å². The van der Waals surface area contributed by atoms with Crippen molar-refractivity contribution in [1.82, 2.24) is 0 Å². The van der Waals surface area contributed by atoms with E-state index in [1.165, 1.54) is 276 Å². The number of unbranched alkanes of at least 4 members (excludes halogenated alkanes) is 45. The van der Waals surface area contributed by atoms with Gasteiger partial charge in [-0.1, -0.05) is 303 Å². The molecule has 0 atom stereocenters. The Labute approximate surface area is 402 Å². The Kier molecular flexibility index (Phi) is 70.2. The summed E-state index contributed by atoms with van der Waals surface area (Å²) in [6, 6.07) is 0. The first-order valence-corrected chi connectivity index (χ1v) is 26.4. The van der Waals surface area contributed by atoms with Gasteiger partial charge < -0.3 is 19.8 Å². The standard InChI is InChI=1S/C27H54O2.C26H52O2.2Ag/c1-2-3-4-5-6-7-8-9-10-11-12-13-14-15-16-17-18-19-20-21-22-23-24-25-26-27(28)29;1-2-3-4-5-6-7-8-9-10-11-12-13-14-15-16-17-18-19-20-21-22-23-24-25-26(27)28;;/h2-26H2,1H3,(H,28,29);2-25H2,1H3,(H,27,28);;/q;;2*+1/p-2. The molecule has 0 aliphatic heterocycles. The van der Waals surface area contributed by atoms with Gasteiger partial charge in [-0.25, -0.2) is 0 Å². The van der Waals surface area contributed by atoms with Crippen LogP contribution in [0.1, 0.15) is 328 Å². The first-order valence-electron chi connectivity index (χ1n) is 26.4. The molecule has 0 rings (SSSR count). The van der Waals surface area contributed by atoms with E-state index in [-0.39, 0.29) is 57.6 Å². The summed E-state index contributed by atoms with van der Waals surface area (Å²) >= 11 is 0. The Morgan fingerprint density at radius 2 is 0.322 bits per heavy atom. The Balaban J connectivity index is -0.000000496. The van der Waals surface area contributed by atoms with Crippen molar-refractivity contribution in [3.8, 4) is 0 Å². The number of carbonyl (C=O) groups is 2. The van der Waals surface area contributed by atoms with Gasteiger partial charge in [-0.3, -0.25) is 0 Å². The van der Waals surface area contributed by atoms with Gasteiger partial charge in [-0.05, 0) is 25.7 Å². The van der Waals surface area contributed by atoms with Gasteiger partial charge in [-0.2, -0.15) is 0 Å². The smallest absolute Gasteiger partial charge is 0.550 e. The van der Waals surface area contributed by atoms with Crippen LogP contribution in [-0.2, 0) is 54.3 Å². The van der Waals surface area contributed by atoms with Gasteiger partial charge in [0.25, 0.3) is 0 Å². The van der Waals surface area contributed by atoms with Crippen LogP contribution < -0.4 is 10.2 Å². The summed E-state index contributed by atoms with van der Waals surface area (Å²) < 4.78 is 0. The summed E-state index contributed by atoms with van der Waals surface area (Å²) in [5, 5.41) is 20.6. The molecule has 4 nitrogen and oxygen atoms in total. The molecule has 0 fully saturated rings. The second-order valence-corrected chi connectivity index (χ2v) is 18.2. The predicted molar refractivity (Wildman–Crippen MR) is 248 cm³/mol. The Morgan fingerprint density at radius 1 is 0.220 bits per heavy atom. The molecule has 6 heteroatoms. The van der Waals surface area contributed by atoms with Gasteiger partial charge in [0.05, 0.1) is 0 Å². The Bertz CT molecular complexity index is 749. The molecule has 0 bridgehead atoms. The van der Waals surface area contributed by atoms with Crippen molar-refractivity contribution in [2.45, 2.75) is 328 Å². The fraction of sp³-hybridized carbons (Fsp3) is 0.962. The Morgan fingerprint density at radius 3 is 0.424 bits per heavy atom. The van der Waals surface area contributed by atoms with Crippen LogP contribution in [0, 0.1) is 0 Å². The van der Waals surface area contributed by atoms with Crippen LogP contribution in [0.25, 0.3) is 0 Å². The predicted octanol–water partition coefficient (Wildman–Crippen LogP) is 16.6. The molecule has 0 aromatic rings. The number of hydrogen-bond donors (Lipinski definition) is 0. The van der Waals surface area contributed by atoms with Crippen LogP contribution in [0.3, 0.4) is 0 Å². The zero-order chi connectivity index (χ0) is 41.8. The van der Waals surface area contributed by atoms with E-state index in [4.69, 9.17) is 0 Å². The normalized spacial score (nSPS) is 10.8. The molecule has 0 saturated heterocycles. The molecule has 0 radical (unpaired) electrons. The molecular formula is C53H104Ag2O4. The fourth-order valence-corrected chi connectivity index (χ4v) is 8.29. The van der Waals surface area contributed by atoms with E-state index in [2.05, 4.69) is 13.8 Å². The molecule has 0 amide bonds. The molecule has 0 aliphatic carbocycles. The van der Waals surface area contributed by atoms with Crippen molar-refractivity contribution in [2.75, 3.05) is 0 Å². The number of carboxylic acids is 2. The van der Waals surface area contributed by atoms with Gasteiger partial charge in [-0.15, -0.1) is 0 Å². The number of aliphatic carboxylic acids is 2. The zero-order valence-electron chi connectivity index (χ0n) is 39.9. The van der Waals surface area contributed by atoms with E-state index in [1.54, 1.807) is 0 Å². The monoisotopic (exact) mass is 1020 g/mol. The molecule has 0 unspecified atom stereocenters. The first-order chi connectivity index (χ1) is 28.0. The zero-order valence-corrected chi connectivity index (χ0v) is 42.8. The van der Waals surface area contributed by atoms with Crippen molar-refractivity contribution in [3.63, 3.8) is 0 Å². The second kappa shape index (κ2) is 62.7. The van der Waals surface area contributed by atoms with Crippen LogP contribution >= 0.6 is 0 Å². The van der Waals surface area contributed by atoms with Gasteiger partial charge in [0, 0.05) is 11.9 Å². The fourth-order valence-electron chi connectivity index (χ4n) is 8.29. The summed E-state index contributed by atoms with van der Waals surface area (Å²) in [5.41, 5.74) is 0. The molecule has 0 aromatic heterocycles. The largest absolute Gasteiger partial charge is 1.00 e. The number of hydrogen-bond acceptors (Lipinski definition) is 4. The minimum Gasteiger partial charge on any atom is -0.550 e. The molecule has 362 valence electrons. The summed E-state index contributed by atoms with van der Waals surface area (Å²) in [6.07, 6.45) is 64.8. The average Bonchev–Trinajstić information content (AvgIpc) is 3.20. The Hall–Kier alpha value is 0.421. The van der Waals surface area contributed by atoms with E-state index in [0.717, 1.165) is 25.7 Å².